The maximum Gasteiger partial charge on any atom is 0.339 e. The molecule has 128 valence electrons. The fourth-order valence-corrected chi connectivity index (χ4v) is 2.38. The number of nitrogens with two attached hydrogens (primary N) is 1. The summed E-state index contributed by atoms with van der Waals surface area (Å²) in [5, 5.41) is 19.3. The molecule has 0 heterocycles. The third-order valence-corrected chi connectivity index (χ3v) is 3.67. The first kappa shape index (κ1) is 17.9. The lowest BCUT2D eigenvalue weighted by atomic mass is 9.91. The molecule has 0 fully saturated rings. The van der Waals surface area contributed by atoms with E-state index in [4.69, 9.17) is 11.1 Å². The van der Waals surface area contributed by atoms with E-state index in [0.717, 1.165) is 0 Å². The highest BCUT2D eigenvalue weighted by molar-refractivity contribution is 6.22. The number of aliphatic carboxylic acids is 1. The number of rotatable bonds is 6. The Hall–Kier alpha value is -3.41. The van der Waals surface area contributed by atoms with E-state index >= 15 is 0 Å². The molecular formula is C19H19N3O3. The Morgan fingerprint density at radius 2 is 1.84 bits per heavy atom. The van der Waals surface area contributed by atoms with E-state index in [1.165, 1.54) is 6.08 Å². The molecule has 0 spiro atoms. The molecule has 1 atom stereocenters. The van der Waals surface area contributed by atoms with E-state index in [1.54, 1.807) is 55.5 Å². The van der Waals surface area contributed by atoms with Gasteiger partial charge in [-0.1, -0.05) is 49.4 Å². The molecule has 1 unspecified atom stereocenters. The number of nitrogens with one attached hydrogen (secondary N) is 2. The molecule has 0 aliphatic heterocycles. The van der Waals surface area contributed by atoms with E-state index in [9.17, 15) is 14.7 Å². The number of hydrogen-bond acceptors (Lipinski definition) is 3. The molecule has 2 aromatic rings. The number of anilines is 1. The van der Waals surface area contributed by atoms with Gasteiger partial charge in [0.15, 0.2) is 11.7 Å². The van der Waals surface area contributed by atoms with E-state index in [2.05, 4.69) is 5.32 Å². The number of carbonyl (C=O) groups is 2. The molecule has 0 aromatic heterocycles. The molecule has 0 saturated heterocycles. The van der Waals surface area contributed by atoms with Crippen LogP contribution in [0.4, 0.5) is 5.69 Å². The second kappa shape index (κ2) is 7.92. The molecule has 0 saturated carbocycles. The van der Waals surface area contributed by atoms with Gasteiger partial charge in [-0.2, -0.15) is 0 Å². The Morgan fingerprint density at radius 1 is 1.16 bits per heavy atom. The Morgan fingerprint density at radius 3 is 2.44 bits per heavy atom. The summed E-state index contributed by atoms with van der Waals surface area (Å²) in [4.78, 5) is 24.2. The van der Waals surface area contributed by atoms with Gasteiger partial charge in [0.1, 0.15) is 5.57 Å². The fourth-order valence-electron chi connectivity index (χ4n) is 2.38. The lowest BCUT2D eigenvalue weighted by molar-refractivity contribution is -0.134. The number of ketones is 1. The van der Waals surface area contributed by atoms with Gasteiger partial charge >= 0.3 is 5.97 Å². The van der Waals surface area contributed by atoms with Crippen molar-refractivity contribution in [3.8, 4) is 0 Å². The highest BCUT2D eigenvalue weighted by Crippen LogP contribution is 2.24. The summed E-state index contributed by atoms with van der Waals surface area (Å²) in [5.74, 6) is -2.62. The van der Waals surface area contributed by atoms with Gasteiger partial charge in [0.25, 0.3) is 0 Å². The number of guanidine groups is 1. The SMILES string of the molecule is CC(C(=O)C(=Cc1ccccc1)C(=O)O)c1cccc(NC(=N)N)c1. The van der Waals surface area contributed by atoms with Crippen LogP contribution in [0.2, 0.25) is 0 Å². The second-order valence-corrected chi connectivity index (χ2v) is 5.52. The van der Waals surface area contributed by atoms with E-state index in [0.29, 0.717) is 16.8 Å². The smallest absolute Gasteiger partial charge is 0.339 e. The highest BCUT2D eigenvalue weighted by Gasteiger charge is 2.24. The number of carboxylic acids is 1. The number of benzene rings is 2. The highest BCUT2D eigenvalue weighted by atomic mass is 16.4. The van der Waals surface area contributed by atoms with Crippen molar-refractivity contribution in [3.05, 3.63) is 71.3 Å². The summed E-state index contributed by atoms with van der Waals surface area (Å²) in [6, 6.07) is 15.7. The first-order valence-corrected chi connectivity index (χ1v) is 7.63. The zero-order chi connectivity index (χ0) is 18.4. The molecule has 0 radical (unpaired) electrons. The molecule has 6 heteroatoms. The summed E-state index contributed by atoms with van der Waals surface area (Å²) in [5.41, 5.74) is 6.87. The number of Topliss-reactive ketones (excluding diaryl/α,β-unsaturated/α-hetero) is 1. The average Bonchev–Trinajstić information content (AvgIpc) is 2.58. The van der Waals surface area contributed by atoms with Crippen LogP contribution in [0.25, 0.3) is 6.08 Å². The standard InChI is InChI=1S/C19H19N3O3/c1-12(14-8-5-9-15(11-14)22-19(20)21)17(23)16(18(24)25)10-13-6-3-2-4-7-13/h2-12H,1H3,(H,24,25)(H4,20,21,22). The van der Waals surface area contributed by atoms with Crippen LogP contribution in [0.3, 0.4) is 0 Å². The van der Waals surface area contributed by atoms with E-state index < -0.39 is 17.7 Å². The van der Waals surface area contributed by atoms with Gasteiger partial charge in [-0.25, -0.2) is 4.79 Å². The van der Waals surface area contributed by atoms with Crippen molar-refractivity contribution in [1.82, 2.24) is 0 Å². The third-order valence-electron chi connectivity index (χ3n) is 3.67. The van der Waals surface area contributed by atoms with Crippen molar-refractivity contribution in [2.75, 3.05) is 5.32 Å². The zero-order valence-corrected chi connectivity index (χ0v) is 13.7. The molecule has 0 aliphatic carbocycles. The summed E-state index contributed by atoms with van der Waals surface area (Å²) in [7, 11) is 0. The predicted octanol–water partition coefficient (Wildman–Crippen LogP) is 2.83. The maximum atomic E-state index is 12.7. The van der Waals surface area contributed by atoms with Gasteiger partial charge in [-0.15, -0.1) is 0 Å². The van der Waals surface area contributed by atoms with Gasteiger partial charge in [0, 0.05) is 11.6 Å². The minimum Gasteiger partial charge on any atom is -0.478 e. The zero-order valence-electron chi connectivity index (χ0n) is 13.7. The molecule has 0 amide bonds. The minimum absolute atomic E-state index is 0.216. The largest absolute Gasteiger partial charge is 0.478 e. The van der Waals surface area contributed by atoms with E-state index in [-0.39, 0.29) is 11.5 Å². The summed E-state index contributed by atoms with van der Waals surface area (Å²) in [6.07, 6.45) is 1.37. The van der Waals surface area contributed by atoms with Crippen molar-refractivity contribution in [3.63, 3.8) is 0 Å². The monoisotopic (exact) mass is 337 g/mol. The summed E-state index contributed by atoms with van der Waals surface area (Å²) >= 11 is 0. The molecule has 6 nitrogen and oxygen atoms in total. The van der Waals surface area contributed by atoms with Crippen LogP contribution in [-0.4, -0.2) is 22.8 Å². The maximum absolute atomic E-state index is 12.7. The first-order valence-electron chi connectivity index (χ1n) is 7.63. The van der Waals surface area contributed by atoms with Crippen molar-refractivity contribution in [2.45, 2.75) is 12.8 Å². The Bertz CT molecular complexity index is 829. The lowest BCUT2D eigenvalue weighted by Crippen LogP contribution is -2.21. The van der Waals surface area contributed by atoms with Crippen molar-refractivity contribution >= 4 is 29.5 Å². The normalized spacial score (nSPS) is 12.3. The van der Waals surface area contributed by atoms with Crippen LogP contribution in [0.1, 0.15) is 24.0 Å². The molecule has 2 rings (SSSR count). The topological polar surface area (TPSA) is 116 Å². The number of carboxylic acid groups (broad SMARTS) is 1. The van der Waals surface area contributed by atoms with Crippen LogP contribution in [0.5, 0.6) is 0 Å². The number of hydrogen-bond donors (Lipinski definition) is 4. The van der Waals surface area contributed by atoms with Crippen LogP contribution in [0, 0.1) is 5.41 Å². The summed E-state index contributed by atoms with van der Waals surface area (Å²) in [6.45, 7) is 1.65. The molecule has 5 N–H and O–H groups in total. The Balaban J connectivity index is 2.32. The van der Waals surface area contributed by atoms with Crippen LogP contribution < -0.4 is 11.1 Å². The van der Waals surface area contributed by atoms with E-state index in [1.807, 2.05) is 6.07 Å². The molecule has 0 aliphatic rings. The summed E-state index contributed by atoms with van der Waals surface area (Å²) < 4.78 is 0. The average molecular weight is 337 g/mol. The lowest BCUT2D eigenvalue weighted by Gasteiger charge is -2.13. The van der Waals surface area contributed by atoms with Gasteiger partial charge in [0.2, 0.25) is 0 Å². The molecular weight excluding hydrogens is 318 g/mol. The van der Waals surface area contributed by atoms with Crippen LogP contribution >= 0.6 is 0 Å². The van der Waals surface area contributed by atoms with Gasteiger partial charge in [0.05, 0.1) is 0 Å². The first-order chi connectivity index (χ1) is 11.9. The minimum atomic E-state index is -1.27. The Labute approximate surface area is 145 Å². The van der Waals surface area contributed by atoms with Gasteiger partial charge in [-0.3, -0.25) is 10.2 Å². The van der Waals surface area contributed by atoms with Crippen molar-refractivity contribution < 1.29 is 14.7 Å². The fraction of sp³-hybridized carbons (Fsp3) is 0.105. The molecule has 2 aromatic carbocycles. The molecule has 25 heavy (non-hydrogen) atoms. The Kier molecular flexibility index (Phi) is 5.68. The van der Waals surface area contributed by atoms with Crippen molar-refractivity contribution in [1.29, 1.82) is 5.41 Å². The van der Waals surface area contributed by atoms with Crippen LogP contribution in [0.15, 0.2) is 60.2 Å². The van der Waals surface area contributed by atoms with Gasteiger partial charge in [-0.05, 0) is 29.3 Å². The third kappa shape index (κ3) is 4.78. The second-order valence-electron chi connectivity index (χ2n) is 5.52. The van der Waals surface area contributed by atoms with Crippen LogP contribution in [-0.2, 0) is 9.59 Å². The molecule has 0 bridgehead atoms. The number of carbonyl (C=O) groups excluding carboxylic acids is 1. The van der Waals surface area contributed by atoms with Gasteiger partial charge < -0.3 is 16.2 Å². The predicted molar refractivity (Wildman–Crippen MR) is 97.5 cm³/mol. The quantitative estimate of drug-likeness (QED) is 0.213. The van der Waals surface area contributed by atoms with Crippen molar-refractivity contribution in [2.24, 2.45) is 5.73 Å².